The smallest absolute Gasteiger partial charge is 0.221 e. The number of nitrogens with zero attached hydrogens (tertiary/aromatic N) is 3. The Bertz CT molecular complexity index is 805. The lowest BCUT2D eigenvalue weighted by atomic mass is 10.2. The Morgan fingerprint density at radius 3 is 2.36 bits per heavy atom. The molecule has 0 saturated heterocycles. The van der Waals surface area contributed by atoms with E-state index < -0.39 is 11.6 Å². The van der Waals surface area contributed by atoms with E-state index in [0.29, 0.717) is 5.69 Å². The number of benzene rings is 2. The topological polar surface area (TPSA) is 56.2 Å². The molecule has 0 bridgehead atoms. The number of aromatic nitrogens is 2. The highest BCUT2D eigenvalue weighted by atomic mass is 19.1. The Morgan fingerprint density at radius 2 is 1.68 bits per heavy atom. The maximum atomic E-state index is 13.5. The Morgan fingerprint density at radius 1 is 1.00 bits per heavy atom. The van der Waals surface area contributed by atoms with E-state index in [1.165, 1.54) is 10.7 Å². The van der Waals surface area contributed by atoms with Crippen LogP contribution < -0.4 is 5.73 Å². The second-order valence-corrected chi connectivity index (χ2v) is 4.57. The molecule has 110 valence electrons. The first kappa shape index (κ1) is 13.9. The number of hydrogen-bond donors (Lipinski definition) is 1. The quantitative estimate of drug-likeness (QED) is 0.754. The van der Waals surface area contributed by atoms with Gasteiger partial charge in [0.1, 0.15) is 11.6 Å². The predicted molar refractivity (Wildman–Crippen MR) is 81.4 cm³/mol. The van der Waals surface area contributed by atoms with Crippen LogP contribution in [0.4, 0.5) is 14.7 Å². The van der Waals surface area contributed by atoms with Gasteiger partial charge in [-0.05, 0) is 12.1 Å². The monoisotopic (exact) mass is 298 g/mol. The van der Waals surface area contributed by atoms with E-state index in [2.05, 4.69) is 10.1 Å². The summed E-state index contributed by atoms with van der Waals surface area (Å²) >= 11 is 0. The largest absolute Gasteiger partial charge is 0.368 e. The maximum absolute atomic E-state index is 13.5. The zero-order chi connectivity index (χ0) is 15.5. The van der Waals surface area contributed by atoms with Crippen LogP contribution in [0.25, 0.3) is 11.3 Å². The molecule has 0 aliphatic rings. The summed E-state index contributed by atoms with van der Waals surface area (Å²) in [6, 6.07) is 13.0. The van der Waals surface area contributed by atoms with E-state index in [1.54, 1.807) is 6.20 Å². The number of nitrogens with two attached hydrogens (primary N) is 1. The molecule has 1 heterocycles. The van der Waals surface area contributed by atoms with Crippen LogP contribution in [0.5, 0.6) is 0 Å². The van der Waals surface area contributed by atoms with E-state index in [1.807, 2.05) is 30.3 Å². The van der Waals surface area contributed by atoms with E-state index in [4.69, 9.17) is 5.73 Å². The summed E-state index contributed by atoms with van der Waals surface area (Å²) in [4.78, 5) is 4.18. The average molecular weight is 298 g/mol. The predicted octanol–water partition coefficient (Wildman–Crippen LogP) is 3.29. The number of halogens is 2. The zero-order valence-electron chi connectivity index (χ0n) is 11.4. The first-order valence-electron chi connectivity index (χ1n) is 6.54. The molecule has 0 radical (unpaired) electrons. The second kappa shape index (κ2) is 5.77. The summed E-state index contributed by atoms with van der Waals surface area (Å²) < 4.78 is 28.3. The van der Waals surface area contributed by atoms with Crippen molar-refractivity contribution in [1.29, 1.82) is 0 Å². The molecule has 0 atom stereocenters. The Kier molecular flexibility index (Phi) is 3.65. The maximum Gasteiger partial charge on any atom is 0.221 e. The first-order chi connectivity index (χ1) is 10.6. The summed E-state index contributed by atoms with van der Waals surface area (Å²) in [6.07, 6.45) is 2.68. The van der Waals surface area contributed by atoms with Gasteiger partial charge in [0.2, 0.25) is 5.95 Å². The third-order valence-corrected chi connectivity index (χ3v) is 3.09. The molecule has 0 amide bonds. The number of nitrogen functional groups attached to an aromatic ring is 1. The van der Waals surface area contributed by atoms with Crippen molar-refractivity contribution >= 4 is 12.2 Å². The standard InChI is InChI=1S/C16H12F2N4/c17-13-7-4-8-14(18)12(13)9-20-22-10-15(21-16(22)19)11-5-2-1-3-6-11/h1-10H,(H2,19,21)/b20-9+. The Hall–Kier alpha value is -3.02. The average Bonchev–Trinajstić information content (AvgIpc) is 2.89. The van der Waals surface area contributed by atoms with Gasteiger partial charge < -0.3 is 5.73 Å². The van der Waals surface area contributed by atoms with Crippen LogP contribution in [-0.2, 0) is 0 Å². The summed E-state index contributed by atoms with van der Waals surface area (Å²) in [5.41, 5.74) is 7.05. The van der Waals surface area contributed by atoms with Gasteiger partial charge in [-0.15, -0.1) is 0 Å². The Balaban J connectivity index is 1.94. The highest BCUT2D eigenvalue weighted by molar-refractivity contribution is 5.80. The lowest BCUT2D eigenvalue weighted by molar-refractivity contribution is 0.580. The van der Waals surface area contributed by atoms with Gasteiger partial charge in [0.15, 0.2) is 0 Å². The van der Waals surface area contributed by atoms with Gasteiger partial charge in [0.25, 0.3) is 0 Å². The molecule has 0 spiro atoms. The van der Waals surface area contributed by atoms with Crippen LogP contribution in [0.3, 0.4) is 0 Å². The van der Waals surface area contributed by atoms with Crippen LogP contribution in [0.1, 0.15) is 5.56 Å². The molecule has 1 aromatic heterocycles. The van der Waals surface area contributed by atoms with Crippen molar-refractivity contribution in [2.75, 3.05) is 5.73 Å². The fourth-order valence-electron chi connectivity index (χ4n) is 1.98. The molecule has 2 N–H and O–H groups in total. The van der Waals surface area contributed by atoms with Gasteiger partial charge in [-0.3, -0.25) is 0 Å². The molecule has 0 aliphatic carbocycles. The number of imidazole rings is 1. The zero-order valence-corrected chi connectivity index (χ0v) is 11.4. The molecule has 22 heavy (non-hydrogen) atoms. The lowest BCUT2D eigenvalue weighted by Gasteiger charge is -1.98. The molecule has 0 saturated carbocycles. The van der Waals surface area contributed by atoms with Crippen LogP contribution in [0, 0.1) is 11.6 Å². The van der Waals surface area contributed by atoms with Crippen LogP contribution in [0.15, 0.2) is 59.8 Å². The minimum atomic E-state index is -0.689. The molecule has 3 rings (SSSR count). The molecular weight excluding hydrogens is 286 g/mol. The number of rotatable bonds is 3. The van der Waals surface area contributed by atoms with Crippen molar-refractivity contribution in [3.8, 4) is 11.3 Å². The number of anilines is 1. The van der Waals surface area contributed by atoms with Gasteiger partial charge >= 0.3 is 0 Å². The molecule has 0 fully saturated rings. The lowest BCUT2D eigenvalue weighted by Crippen LogP contribution is -1.99. The fraction of sp³-hybridized carbons (Fsp3) is 0. The molecule has 4 nitrogen and oxygen atoms in total. The van der Waals surface area contributed by atoms with Crippen LogP contribution in [0.2, 0.25) is 0 Å². The van der Waals surface area contributed by atoms with Crippen molar-refractivity contribution in [2.45, 2.75) is 0 Å². The molecule has 0 unspecified atom stereocenters. The first-order valence-corrected chi connectivity index (χ1v) is 6.54. The molecule has 6 heteroatoms. The minimum absolute atomic E-state index is 0.131. The fourth-order valence-corrected chi connectivity index (χ4v) is 1.98. The highest BCUT2D eigenvalue weighted by Gasteiger charge is 2.08. The van der Waals surface area contributed by atoms with Crippen molar-refractivity contribution in [1.82, 2.24) is 9.66 Å². The van der Waals surface area contributed by atoms with Gasteiger partial charge in [0, 0.05) is 5.56 Å². The third kappa shape index (κ3) is 2.71. The summed E-state index contributed by atoms with van der Waals surface area (Å²) in [7, 11) is 0. The van der Waals surface area contributed by atoms with Crippen molar-refractivity contribution in [2.24, 2.45) is 5.10 Å². The van der Waals surface area contributed by atoms with Gasteiger partial charge in [-0.25, -0.2) is 18.4 Å². The summed E-state index contributed by atoms with van der Waals surface area (Å²) in [6.45, 7) is 0. The van der Waals surface area contributed by atoms with Gasteiger partial charge in [-0.2, -0.15) is 5.10 Å². The van der Waals surface area contributed by atoms with Crippen molar-refractivity contribution in [3.63, 3.8) is 0 Å². The van der Waals surface area contributed by atoms with Crippen molar-refractivity contribution < 1.29 is 8.78 Å². The van der Waals surface area contributed by atoms with Crippen LogP contribution in [-0.4, -0.2) is 15.9 Å². The molecule has 3 aromatic rings. The number of hydrogen-bond acceptors (Lipinski definition) is 3. The van der Waals surface area contributed by atoms with E-state index in [-0.39, 0.29) is 11.5 Å². The minimum Gasteiger partial charge on any atom is -0.368 e. The van der Waals surface area contributed by atoms with E-state index in [9.17, 15) is 8.78 Å². The molecular formula is C16H12F2N4. The van der Waals surface area contributed by atoms with Crippen LogP contribution >= 0.6 is 0 Å². The van der Waals surface area contributed by atoms with E-state index >= 15 is 0 Å². The highest BCUT2D eigenvalue weighted by Crippen LogP contribution is 2.19. The van der Waals surface area contributed by atoms with Gasteiger partial charge in [0.05, 0.1) is 23.7 Å². The van der Waals surface area contributed by atoms with E-state index in [0.717, 1.165) is 23.9 Å². The molecule has 2 aromatic carbocycles. The Labute approximate surface area is 125 Å². The summed E-state index contributed by atoms with van der Waals surface area (Å²) in [5.74, 6) is -1.25. The second-order valence-electron chi connectivity index (χ2n) is 4.57. The summed E-state index contributed by atoms with van der Waals surface area (Å²) in [5, 5.41) is 3.97. The van der Waals surface area contributed by atoms with Crippen molar-refractivity contribution in [3.05, 3.63) is 71.9 Å². The normalized spacial score (nSPS) is 11.2. The SMILES string of the molecule is Nc1nc(-c2ccccc2)cn1/N=C/c1c(F)cccc1F. The molecule has 0 aliphatic heterocycles. The van der Waals surface area contributed by atoms with Gasteiger partial charge in [-0.1, -0.05) is 36.4 Å². The third-order valence-electron chi connectivity index (χ3n) is 3.09.